The van der Waals surface area contributed by atoms with Crippen LogP contribution in [0.5, 0.6) is 0 Å². The minimum Gasteiger partial charge on any atom is -0.481 e. The molecule has 0 bridgehead atoms. The summed E-state index contributed by atoms with van der Waals surface area (Å²) in [5.74, 6) is -4.02. The first-order valence-electron chi connectivity index (χ1n) is 11.2. The molecule has 15 nitrogen and oxygen atoms in total. The number of carbonyl (C=O) groups is 3. The summed E-state index contributed by atoms with van der Waals surface area (Å²) in [6, 6.07) is 0. The lowest BCUT2D eigenvalue weighted by atomic mass is 9.96. The first kappa shape index (κ1) is 29.6. The van der Waals surface area contributed by atoms with Crippen LogP contribution in [0.1, 0.15) is 24.4 Å². The largest absolute Gasteiger partial charge is 0.481 e. The summed E-state index contributed by atoms with van der Waals surface area (Å²) in [5, 5.41) is 33.8. The van der Waals surface area contributed by atoms with E-state index in [9.17, 15) is 22.8 Å². The second-order valence-corrected chi connectivity index (χ2v) is 10.5. The van der Waals surface area contributed by atoms with Crippen LogP contribution in [-0.2, 0) is 42.9 Å². The van der Waals surface area contributed by atoms with Crippen molar-refractivity contribution < 1.29 is 48.0 Å². The molecule has 0 saturated carbocycles. The number of piperazine rings is 1. The SMILES string of the molecule is Cc1ncc(CN2CCN(S(=O)(=O)N3CCOCC3)CC2)n1C.O=C(O)CC(O)(CC(=O)O)C(=O)O. The topological polar surface area (TPSA) is 203 Å². The van der Waals surface area contributed by atoms with E-state index in [-0.39, 0.29) is 0 Å². The molecule has 2 fully saturated rings. The van der Waals surface area contributed by atoms with E-state index in [1.165, 1.54) is 4.31 Å². The van der Waals surface area contributed by atoms with Crippen molar-refractivity contribution in [2.24, 2.45) is 7.05 Å². The minimum absolute atomic E-state index is 0.455. The van der Waals surface area contributed by atoms with Crippen LogP contribution in [0.25, 0.3) is 0 Å². The van der Waals surface area contributed by atoms with Gasteiger partial charge in [-0.1, -0.05) is 0 Å². The Morgan fingerprint density at radius 3 is 1.89 bits per heavy atom. The predicted molar refractivity (Wildman–Crippen MR) is 123 cm³/mol. The highest BCUT2D eigenvalue weighted by atomic mass is 32.2. The Bertz CT molecular complexity index is 1010. The molecule has 0 spiro atoms. The van der Waals surface area contributed by atoms with Crippen LogP contribution in [-0.4, -0.2) is 128 Å². The Hall–Kier alpha value is -2.63. The standard InChI is InChI=1S/C14H25N5O3S.C6H8O7/c1-13-15-11-14(16(13)2)12-17-3-5-18(6-4-17)23(20,21)19-7-9-22-10-8-19;7-3(8)1-6(13,5(11)12)2-4(9)10/h11H,3-10,12H2,1-2H3;13H,1-2H2,(H,7,8)(H,9,10)(H,11,12). The number of nitrogens with zero attached hydrogens (tertiary/aromatic N) is 5. The van der Waals surface area contributed by atoms with Gasteiger partial charge in [0.25, 0.3) is 10.2 Å². The second kappa shape index (κ2) is 12.6. The van der Waals surface area contributed by atoms with Gasteiger partial charge in [0.05, 0.1) is 31.7 Å². The van der Waals surface area contributed by atoms with Crippen molar-refractivity contribution in [2.75, 3.05) is 52.5 Å². The van der Waals surface area contributed by atoms with E-state index < -0.39 is 46.6 Å². The Labute approximate surface area is 208 Å². The molecule has 204 valence electrons. The molecule has 0 amide bonds. The predicted octanol–water partition coefficient (Wildman–Crippen LogP) is -1.83. The number of aliphatic carboxylic acids is 3. The molecule has 2 saturated heterocycles. The number of aromatic nitrogens is 2. The molecular formula is C20H33N5O10S. The number of hydrogen-bond donors (Lipinski definition) is 4. The molecule has 16 heteroatoms. The Balaban J connectivity index is 0.000000302. The fourth-order valence-corrected chi connectivity index (χ4v) is 5.26. The number of hydrogen-bond acceptors (Lipinski definition) is 9. The van der Waals surface area contributed by atoms with Gasteiger partial charge >= 0.3 is 17.9 Å². The molecule has 0 unspecified atom stereocenters. The summed E-state index contributed by atoms with van der Waals surface area (Å²) >= 11 is 0. The van der Waals surface area contributed by atoms with Crippen molar-refractivity contribution in [3.63, 3.8) is 0 Å². The summed E-state index contributed by atoms with van der Waals surface area (Å²) in [6.45, 7) is 7.24. The van der Waals surface area contributed by atoms with E-state index in [0.29, 0.717) is 39.4 Å². The molecular weight excluding hydrogens is 502 g/mol. The van der Waals surface area contributed by atoms with Gasteiger partial charge in [0.1, 0.15) is 5.82 Å². The van der Waals surface area contributed by atoms with Crippen LogP contribution in [0, 0.1) is 6.92 Å². The quantitative estimate of drug-likeness (QED) is 0.276. The van der Waals surface area contributed by atoms with Gasteiger partial charge in [0.2, 0.25) is 0 Å². The second-order valence-electron chi connectivity index (χ2n) is 8.53. The van der Waals surface area contributed by atoms with Crippen molar-refractivity contribution in [1.82, 2.24) is 23.1 Å². The maximum atomic E-state index is 12.6. The maximum absolute atomic E-state index is 12.6. The first-order chi connectivity index (χ1) is 16.8. The first-order valence-corrected chi connectivity index (χ1v) is 12.6. The number of morpholine rings is 1. The lowest BCUT2D eigenvalue weighted by Gasteiger charge is -2.37. The van der Waals surface area contributed by atoms with Gasteiger partial charge in [0, 0.05) is 59.1 Å². The molecule has 2 aliphatic heterocycles. The highest BCUT2D eigenvalue weighted by molar-refractivity contribution is 7.86. The van der Waals surface area contributed by atoms with E-state index in [2.05, 4.69) is 14.5 Å². The molecule has 0 atom stereocenters. The third-order valence-corrected chi connectivity index (χ3v) is 7.98. The van der Waals surface area contributed by atoms with Gasteiger partial charge < -0.3 is 29.7 Å². The zero-order valence-electron chi connectivity index (χ0n) is 20.2. The van der Waals surface area contributed by atoms with Crippen LogP contribution < -0.4 is 0 Å². The van der Waals surface area contributed by atoms with Crippen molar-refractivity contribution in [1.29, 1.82) is 0 Å². The van der Waals surface area contributed by atoms with Crippen LogP contribution in [0.3, 0.4) is 0 Å². The number of imidazole rings is 1. The van der Waals surface area contributed by atoms with Gasteiger partial charge in [-0.15, -0.1) is 0 Å². The van der Waals surface area contributed by atoms with Gasteiger partial charge in [0.15, 0.2) is 5.60 Å². The van der Waals surface area contributed by atoms with Crippen LogP contribution in [0.2, 0.25) is 0 Å². The molecule has 0 radical (unpaired) electrons. The summed E-state index contributed by atoms with van der Waals surface area (Å²) in [7, 11) is -1.33. The third-order valence-electron chi connectivity index (χ3n) is 5.94. The van der Waals surface area contributed by atoms with Crippen molar-refractivity contribution in [3.05, 3.63) is 17.7 Å². The lowest BCUT2D eigenvalue weighted by molar-refractivity contribution is -0.170. The Morgan fingerprint density at radius 2 is 1.47 bits per heavy atom. The smallest absolute Gasteiger partial charge is 0.336 e. The van der Waals surface area contributed by atoms with Crippen molar-refractivity contribution in [2.45, 2.75) is 31.9 Å². The average molecular weight is 536 g/mol. The summed E-state index contributed by atoms with van der Waals surface area (Å²) in [4.78, 5) is 37.1. The molecule has 3 heterocycles. The van der Waals surface area contributed by atoms with E-state index >= 15 is 0 Å². The molecule has 1 aromatic rings. The molecule has 1 aromatic heterocycles. The van der Waals surface area contributed by atoms with Crippen molar-refractivity contribution in [3.8, 4) is 0 Å². The lowest BCUT2D eigenvalue weighted by Crippen LogP contribution is -2.54. The molecule has 4 N–H and O–H groups in total. The van der Waals surface area contributed by atoms with Gasteiger partial charge in [-0.2, -0.15) is 17.0 Å². The minimum atomic E-state index is -3.34. The van der Waals surface area contributed by atoms with E-state index in [0.717, 1.165) is 31.2 Å². The fraction of sp³-hybridized carbons (Fsp3) is 0.700. The summed E-state index contributed by atoms with van der Waals surface area (Å²) in [5.41, 5.74) is -1.58. The highest BCUT2D eigenvalue weighted by Gasteiger charge is 2.40. The number of carboxylic acids is 3. The van der Waals surface area contributed by atoms with E-state index in [4.69, 9.17) is 25.2 Å². The van der Waals surface area contributed by atoms with Crippen LogP contribution in [0.4, 0.5) is 0 Å². The van der Waals surface area contributed by atoms with E-state index in [1.54, 1.807) is 4.31 Å². The van der Waals surface area contributed by atoms with Crippen LogP contribution in [0.15, 0.2) is 6.20 Å². The highest BCUT2D eigenvalue weighted by Crippen LogP contribution is 2.17. The average Bonchev–Trinajstić information content (AvgIpc) is 3.11. The maximum Gasteiger partial charge on any atom is 0.336 e. The molecule has 3 rings (SSSR count). The Kier molecular flexibility index (Phi) is 10.3. The fourth-order valence-electron chi connectivity index (χ4n) is 3.70. The Morgan fingerprint density at radius 1 is 0.972 bits per heavy atom. The van der Waals surface area contributed by atoms with Gasteiger partial charge in [-0.05, 0) is 6.92 Å². The summed E-state index contributed by atoms with van der Waals surface area (Å²) < 4.78 is 35.7. The van der Waals surface area contributed by atoms with E-state index in [1.807, 2.05) is 20.2 Å². The molecule has 0 aromatic carbocycles. The normalized spacial score (nSPS) is 18.3. The number of carboxylic acid groups (broad SMARTS) is 3. The molecule has 2 aliphatic rings. The van der Waals surface area contributed by atoms with Crippen LogP contribution >= 0.6 is 0 Å². The van der Waals surface area contributed by atoms with Crippen molar-refractivity contribution >= 4 is 28.1 Å². The summed E-state index contributed by atoms with van der Waals surface area (Å²) in [6.07, 6.45) is -0.393. The molecule has 36 heavy (non-hydrogen) atoms. The van der Waals surface area contributed by atoms with Gasteiger partial charge in [-0.25, -0.2) is 9.78 Å². The van der Waals surface area contributed by atoms with Gasteiger partial charge in [-0.3, -0.25) is 14.5 Å². The third kappa shape index (κ3) is 7.94. The number of aliphatic hydroxyl groups is 1. The number of aryl methyl sites for hydroxylation is 1. The zero-order chi connectivity index (χ0) is 27.1. The molecule has 0 aliphatic carbocycles. The monoisotopic (exact) mass is 535 g/mol. The number of ether oxygens (including phenoxy) is 1. The zero-order valence-corrected chi connectivity index (χ0v) is 21.1. The number of rotatable bonds is 9.